The summed E-state index contributed by atoms with van der Waals surface area (Å²) in [6.07, 6.45) is 3.02. The van der Waals surface area contributed by atoms with Gasteiger partial charge < -0.3 is 10.6 Å². The van der Waals surface area contributed by atoms with Gasteiger partial charge in [-0.25, -0.2) is 4.39 Å². The highest BCUT2D eigenvalue weighted by atomic mass is 35.5. The van der Waals surface area contributed by atoms with E-state index in [-0.39, 0.29) is 30.2 Å². The second kappa shape index (κ2) is 6.71. The molecule has 1 fully saturated rings. The molecule has 1 saturated heterocycles. The summed E-state index contributed by atoms with van der Waals surface area (Å²) < 4.78 is 13.3. The number of halogens is 2. The SMILES string of the molecule is Cc1ccc(NC(=O)C2CCCCN2)cc1F.Cl. The normalized spacial score (nSPS) is 18.9. The van der Waals surface area contributed by atoms with Crippen molar-refractivity contribution in [1.82, 2.24) is 5.32 Å². The molecule has 2 N–H and O–H groups in total. The van der Waals surface area contributed by atoms with Crippen LogP contribution in [0.15, 0.2) is 18.2 Å². The van der Waals surface area contributed by atoms with Gasteiger partial charge in [-0.15, -0.1) is 12.4 Å². The van der Waals surface area contributed by atoms with Crippen LogP contribution < -0.4 is 10.6 Å². The summed E-state index contributed by atoms with van der Waals surface area (Å²) in [5, 5.41) is 5.90. The topological polar surface area (TPSA) is 41.1 Å². The van der Waals surface area contributed by atoms with Crippen molar-refractivity contribution in [2.24, 2.45) is 0 Å². The van der Waals surface area contributed by atoms with E-state index in [1.165, 1.54) is 6.07 Å². The van der Waals surface area contributed by atoms with Crippen molar-refractivity contribution in [1.29, 1.82) is 0 Å². The maximum Gasteiger partial charge on any atom is 0.241 e. The molecule has 1 unspecified atom stereocenters. The van der Waals surface area contributed by atoms with Crippen molar-refractivity contribution in [3.63, 3.8) is 0 Å². The summed E-state index contributed by atoms with van der Waals surface area (Å²) in [6.45, 7) is 2.57. The summed E-state index contributed by atoms with van der Waals surface area (Å²) in [5.41, 5.74) is 1.10. The van der Waals surface area contributed by atoms with Gasteiger partial charge in [-0.3, -0.25) is 4.79 Å². The summed E-state index contributed by atoms with van der Waals surface area (Å²) in [4.78, 5) is 11.9. The molecule has 1 amide bonds. The lowest BCUT2D eigenvalue weighted by atomic mass is 10.0. The molecule has 0 radical (unpaired) electrons. The van der Waals surface area contributed by atoms with Gasteiger partial charge in [-0.1, -0.05) is 12.5 Å². The first-order chi connectivity index (χ1) is 8.16. The fraction of sp³-hybridized carbons (Fsp3) is 0.462. The summed E-state index contributed by atoms with van der Waals surface area (Å²) >= 11 is 0. The van der Waals surface area contributed by atoms with Crippen molar-refractivity contribution in [3.8, 4) is 0 Å². The maximum atomic E-state index is 13.3. The Labute approximate surface area is 113 Å². The molecule has 0 bridgehead atoms. The number of aryl methyl sites for hydroxylation is 1. The molecule has 3 nitrogen and oxygen atoms in total. The van der Waals surface area contributed by atoms with Crippen LogP contribution in [0.25, 0.3) is 0 Å². The van der Waals surface area contributed by atoms with E-state index in [2.05, 4.69) is 10.6 Å². The third-order valence-electron chi connectivity index (χ3n) is 3.07. The largest absolute Gasteiger partial charge is 0.325 e. The van der Waals surface area contributed by atoms with Crippen molar-refractivity contribution < 1.29 is 9.18 Å². The van der Waals surface area contributed by atoms with Crippen molar-refractivity contribution in [2.45, 2.75) is 32.2 Å². The lowest BCUT2D eigenvalue weighted by Crippen LogP contribution is -2.43. The Morgan fingerprint density at radius 3 is 2.83 bits per heavy atom. The molecular formula is C13H18ClFN2O. The van der Waals surface area contributed by atoms with E-state index in [0.717, 1.165) is 25.8 Å². The Balaban J connectivity index is 0.00000162. The standard InChI is InChI=1S/C13H17FN2O.ClH/c1-9-5-6-10(8-11(9)14)16-13(17)12-4-2-3-7-15-12;/h5-6,8,12,15H,2-4,7H2,1H3,(H,16,17);1H. The first kappa shape index (κ1) is 14.9. The zero-order valence-corrected chi connectivity index (χ0v) is 11.1. The van der Waals surface area contributed by atoms with E-state index < -0.39 is 0 Å². The number of piperidine rings is 1. The van der Waals surface area contributed by atoms with Crippen LogP contribution in [0.3, 0.4) is 0 Å². The molecule has 1 aromatic rings. The second-order valence-corrected chi connectivity index (χ2v) is 4.46. The van der Waals surface area contributed by atoms with Crippen LogP contribution in [0.4, 0.5) is 10.1 Å². The van der Waals surface area contributed by atoms with Crippen LogP contribution >= 0.6 is 12.4 Å². The zero-order chi connectivity index (χ0) is 12.3. The van der Waals surface area contributed by atoms with Gasteiger partial charge in [0.2, 0.25) is 5.91 Å². The highest BCUT2D eigenvalue weighted by molar-refractivity contribution is 5.94. The minimum atomic E-state index is -0.292. The van der Waals surface area contributed by atoms with Gasteiger partial charge in [-0.05, 0) is 44.0 Å². The molecule has 0 spiro atoms. The Morgan fingerprint density at radius 2 is 2.22 bits per heavy atom. The minimum Gasteiger partial charge on any atom is -0.325 e. The molecule has 0 aliphatic carbocycles. The molecular weight excluding hydrogens is 255 g/mol. The molecule has 0 aromatic heterocycles. The number of carbonyl (C=O) groups is 1. The third-order valence-corrected chi connectivity index (χ3v) is 3.07. The van der Waals surface area contributed by atoms with Gasteiger partial charge in [0.15, 0.2) is 0 Å². The van der Waals surface area contributed by atoms with Gasteiger partial charge in [0, 0.05) is 5.69 Å². The second-order valence-electron chi connectivity index (χ2n) is 4.46. The number of rotatable bonds is 2. The molecule has 5 heteroatoms. The number of hydrogen-bond donors (Lipinski definition) is 2. The first-order valence-corrected chi connectivity index (χ1v) is 5.97. The molecule has 18 heavy (non-hydrogen) atoms. The lowest BCUT2D eigenvalue weighted by molar-refractivity contribution is -0.118. The third kappa shape index (κ3) is 3.68. The number of anilines is 1. The predicted molar refractivity (Wildman–Crippen MR) is 72.7 cm³/mol. The fourth-order valence-electron chi connectivity index (χ4n) is 1.98. The number of nitrogens with one attached hydrogen (secondary N) is 2. The highest BCUT2D eigenvalue weighted by Crippen LogP contribution is 2.15. The molecule has 1 atom stereocenters. The average Bonchev–Trinajstić information content (AvgIpc) is 2.35. The summed E-state index contributed by atoms with van der Waals surface area (Å²) in [5.74, 6) is -0.368. The van der Waals surface area contributed by atoms with Crippen LogP contribution in [0.1, 0.15) is 24.8 Å². The predicted octanol–water partition coefficient (Wildman–Crippen LogP) is 2.64. The van der Waals surface area contributed by atoms with Gasteiger partial charge in [-0.2, -0.15) is 0 Å². The monoisotopic (exact) mass is 272 g/mol. The number of carbonyl (C=O) groups excluding carboxylic acids is 1. The summed E-state index contributed by atoms with van der Waals surface area (Å²) in [6, 6.07) is 4.60. The quantitative estimate of drug-likeness (QED) is 0.869. The maximum absolute atomic E-state index is 13.3. The number of benzene rings is 1. The molecule has 1 heterocycles. The molecule has 0 saturated carbocycles. The zero-order valence-electron chi connectivity index (χ0n) is 10.3. The van der Waals surface area contributed by atoms with E-state index in [0.29, 0.717) is 11.3 Å². The molecule has 1 aliphatic rings. The first-order valence-electron chi connectivity index (χ1n) is 5.97. The summed E-state index contributed by atoms with van der Waals surface area (Å²) in [7, 11) is 0. The van der Waals surface area contributed by atoms with Crippen LogP contribution in [0.5, 0.6) is 0 Å². The van der Waals surface area contributed by atoms with E-state index >= 15 is 0 Å². The number of hydrogen-bond acceptors (Lipinski definition) is 2. The Bertz CT molecular complexity index is 419. The van der Waals surface area contributed by atoms with Gasteiger partial charge in [0.05, 0.1) is 6.04 Å². The van der Waals surface area contributed by atoms with Gasteiger partial charge in [0.25, 0.3) is 0 Å². The van der Waals surface area contributed by atoms with Crippen molar-refractivity contribution >= 4 is 24.0 Å². The highest BCUT2D eigenvalue weighted by Gasteiger charge is 2.20. The fourth-order valence-corrected chi connectivity index (χ4v) is 1.98. The minimum absolute atomic E-state index is 0. The van der Waals surface area contributed by atoms with E-state index in [4.69, 9.17) is 0 Å². The molecule has 1 aromatic carbocycles. The lowest BCUT2D eigenvalue weighted by Gasteiger charge is -2.22. The molecule has 2 rings (SSSR count). The van der Waals surface area contributed by atoms with Gasteiger partial charge in [0.1, 0.15) is 5.82 Å². The van der Waals surface area contributed by atoms with Crippen LogP contribution in [0, 0.1) is 12.7 Å². The van der Waals surface area contributed by atoms with Gasteiger partial charge >= 0.3 is 0 Å². The Hall–Kier alpha value is -1.13. The Morgan fingerprint density at radius 1 is 1.44 bits per heavy atom. The van der Waals surface area contributed by atoms with Crippen molar-refractivity contribution in [2.75, 3.05) is 11.9 Å². The smallest absolute Gasteiger partial charge is 0.241 e. The van der Waals surface area contributed by atoms with E-state index in [1.807, 2.05) is 0 Å². The van der Waals surface area contributed by atoms with Crippen molar-refractivity contribution in [3.05, 3.63) is 29.6 Å². The van der Waals surface area contributed by atoms with E-state index in [1.54, 1.807) is 19.1 Å². The number of amides is 1. The molecule has 1 aliphatic heterocycles. The average molecular weight is 273 g/mol. The Kier molecular flexibility index (Phi) is 5.56. The van der Waals surface area contributed by atoms with E-state index in [9.17, 15) is 9.18 Å². The van der Waals surface area contributed by atoms with Crippen LogP contribution in [-0.4, -0.2) is 18.5 Å². The van der Waals surface area contributed by atoms with Crippen LogP contribution in [0.2, 0.25) is 0 Å². The molecule has 100 valence electrons. The van der Waals surface area contributed by atoms with Crippen LogP contribution in [-0.2, 0) is 4.79 Å².